The van der Waals surface area contributed by atoms with Gasteiger partial charge in [-0.3, -0.25) is 23.3 Å². The number of rotatable bonds is 18. The van der Waals surface area contributed by atoms with Gasteiger partial charge in [0.15, 0.2) is 6.23 Å². The zero-order chi connectivity index (χ0) is 33.0. The molecule has 0 aliphatic carbocycles. The molecule has 2 aromatic rings. The summed E-state index contributed by atoms with van der Waals surface area (Å²) in [6.07, 6.45) is 1.09. The molecule has 45 heavy (non-hydrogen) atoms. The predicted molar refractivity (Wildman–Crippen MR) is 163 cm³/mol. The fourth-order valence-corrected chi connectivity index (χ4v) is 5.79. The highest BCUT2D eigenvalue weighted by atomic mass is 32.2. The van der Waals surface area contributed by atoms with Gasteiger partial charge in [0.2, 0.25) is 0 Å². The van der Waals surface area contributed by atoms with Gasteiger partial charge >= 0.3 is 22.1 Å². The molecule has 1 saturated heterocycles. The van der Waals surface area contributed by atoms with E-state index in [9.17, 15) is 37.8 Å². The van der Waals surface area contributed by atoms with Crippen LogP contribution < -0.4 is 16.0 Å². The number of aromatic nitrogens is 2. The molecule has 1 fully saturated rings. The molecular weight excluding hydrogens is 610 g/mol. The van der Waals surface area contributed by atoms with Crippen LogP contribution in [0, 0.1) is 5.92 Å². The normalized spacial score (nSPS) is 21.2. The minimum atomic E-state index is -4.77. The molecule has 1 aliphatic heterocycles. The van der Waals surface area contributed by atoms with Gasteiger partial charge < -0.3 is 19.7 Å². The van der Waals surface area contributed by atoms with Crippen molar-refractivity contribution in [3.8, 4) is 0 Å². The van der Waals surface area contributed by atoms with E-state index in [0.717, 1.165) is 48.1 Å². The molecule has 6 atom stereocenters. The Balaban J connectivity index is 1.54. The average Bonchev–Trinajstić information content (AvgIpc) is 3.28. The number of nitrogens with zero attached hydrogens (tertiary/aromatic N) is 1. The third kappa shape index (κ3) is 10.9. The molecule has 0 saturated carbocycles. The Labute approximate surface area is 262 Å². The fraction of sp³-hybridized carbons (Fsp3) is 0.600. The van der Waals surface area contributed by atoms with Gasteiger partial charge in [-0.2, -0.15) is 13.1 Å². The molecule has 15 heteroatoms. The maximum absolute atomic E-state index is 13.2. The summed E-state index contributed by atoms with van der Waals surface area (Å²) in [5, 5.41) is 20.6. The lowest BCUT2D eigenvalue weighted by molar-refractivity contribution is -0.124. The minimum absolute atomic E-state index is 0.0890. The van der Waals surface area contributed by atoms with Crippen molar-refractivity contribution >= 4 is 22.2 Å². The van der Waals surface area contributed by atoms with Gasteiger partial charge in [-0.15, -0.1) is 0 Å². The first-order chi connectivity index (χ1) is 21.4. The monoisotopic (exact) mass is 653 g/mol. The molecule has 1 aromatic heterocycles. The van der Waals surface area contributed by atoms with Crippen molar-refractivity contribution in [3.05, 3.63) is 69.0 Å². The van der Waals surface area contributed by atoms with E-state index in [1.807, 2.05) is 42.2 Å². The average molecular weight is 654 g/mol. The van der Waals surface area contributed by atoms with E-state index < -0.39 is 64.7 Å². The largest absolute Gasteiger partial charge is 0.448 e. The number of H-pyrrole nitrogens is 1. The van der Waals surface area contributed by atoms with E-state index in [2.05, 4.69) is 6.92 Å². The first-order valence-corrected chi connectivity index (χ1v) is 16.6. The SMILES string of the molecule is CCCCCCCCCC(=O)C(COC(=O)NS(=O)(=O)OC[C@H]1O[C@@H](n2ccc(=O)[nH]c2=O)[C@H](O)[C@@H]1O)C(C)c1ccccc1. The second-order valence-corrected chi connectivity index (χ2v) is 12.5. The van der Waals surface area contributed by atoms with E-state index in [-0.39, 0.29) is 18.3 Å². The number of unbranched alkanes of at least 4 members (excludes halogenated alkanes) is 6. The van der Waals surface area contributed by atoms with E-state index >= 15 is 0 Å². The third-order valence-corrected chi connectivity index (χ3v) is 8.68. The van der Waals surface area contributed by atoms with Gasteiger partial charge in [-0.05, 0) is 17.9 Å². The van der Waals surface area contributed by atoms with Crippen molar-refractivity contribution in [2.24, 2.45) is 5.92 Å². The Morgan fingerprint density at radius 3 is 2.36 bits per heavy atom. The van der Waals surface area contributed by atoms with Crippen molar-refractivity contribution in [2.45, 2.75) is 95.7 Å². The number of aromatic amines is 1. The second kappa shape index (κ2) is 17.4. The number of amides is 1. The Hall–Kier alpha value is -3.37. The molecule has 1 aliphatic rings. The predicted octanol–water partition coefficient (Wildman–Crippen LogP) is 2.27. The van der Waals surface area contributed by atoms with Crippen molar-refractivity contribution in [1.82, 2.24) is 14.3 Å². The highest BCUT2D eigenvalue weighted by molar-refractivity contribution is 7.85. The maximum Gasteiger partial charge on any atom is 0.422 e. The summed E-state index contributed by atoms with van der Waals surface area (Å²) < 4.78 is 42.6. The molecule has 1 aromatic carbocycles. The number of aliphatic hydroxyl groups is 2. The fourth-order valence-electron chi connectivity index (χ4n) is 5.15. The lowest BCUT2D eigenvalue weighted by Gasteiger charge is -2.23. The van der Waals surface area contributed by atoms with Crippen LogP contribution in [0.1, 0.15) is 82.9 Å². The quantitative estimate of drug-likeness (QED) is 0.172. The number of ketones is 1. The minimum Gasteiger partial charge on any atom is -0.448 e. The van der Waals surface area contributed by atoms with Gasteiger partial charge in [0.1, 0.15) is 30.7 Å². The van der Waals surface area contributed by atoms with Crippen molar-refractivity contribution in [3.63, 3.8) is 0 Å². The van der Waals surface area contributed by atoms with Crippen molar-refractivity contribution in [2.75, 3.05) is 13.2 Å². The molecule has 0 bridgehead atoms. The van der Waals surface area contributed by atoms with Crippen LogP contribution in [-0.2, 0) is 28.8 Å². The summed E-state index contributed by atoms with van der Waals surface area (Å²) in [6, 6.07) is 10.3. The zero-order valence-corrected chi connectivity index (χ0v) is 26.3. The number of benzene rings is 1. The Morgan fingerprint density at radius 1 is 1.02 bits per heavy atom. The van der Waals surface area contributed by atoms with E-state index in [0.29, 0.717) is 12.8 Å². The number of carbonyl (C=O) groups excluding carboxylic acids is 2. The smallest absolute Gasteiger partial charge is 0.422 e. The number of aliphatic hydroxyl groups excluding tert-OH is 2. The molecular formula is C30H43N3O11S. The Bertz CT molecular complexity index is 1460. The van der Waals surface area contributed by atoms with E-state index in [1.54, 1.807) is 4.72 Å². The maximum atomic E-state index is 13.2. The van der Waals surface area contributed by atoms with Crippen LogP contribution in [0.3, 0.4) is 0 Å². The van der Waals surface area contributed by atoms with Gasteiger partial charge in [-0.25, -0.2) is 9.59 Å². The van der Waals surface area contributed by atoms with Crippen LogP contribution in [0.15, 0.2) is 52.2 Å². The lowest BCUT2D eigenvalue weighted by atomic mass is 9.83. The molecule has 3 rings (SSSR count). The molecule has 4 N–H and O–H groups in total. The van der Waals surface area contributed by atoms with E-state index in [4.69, 9.17) is 13.7 Å². The third-order valence-electron chi connectivity index (χ3n) is 7.82. The molecule has 1 amide bonds. The number of hydrogen-bond donors (Lipinski definition) is 4. The summed E-state index contributed by atoms with van der Waals surface area (Å²) in [5.41, 5.74) is -0.736. The van der Waals surface area contributed by atoms with Crippen LogP contribution in [0.4, 0.5) is 4.79 Å². The first kappa shape index (κ1) is 36.1. The highest BCUT2D eigenvalue weighted by Gasteiger charge is 2.45. The van der Waals surface area contributed by atoms with Crippen LogP contribution in [0.5, 0.6) is 0 Å². The van der Waals surface area contributed by atoms with Crippen LogP contribution in [0.2, 0.25) is 0 Å². The van der Waals surface area contributed by atoms with Gasteiger partial charge in [-0.1, -0.05) is 82.7 Å². The first-order valence-electron chi connectivity index (χ1n) is 15.2. The molecule has 250 valence electrons. The molecule has 0 spiro atoms. The second-order valence-electron chi connectivity index (χ2n) is 11.1. The van der Waals surface area contributed by atoms with Gasteiger partial charge in [0.05, 0.1) is 12.5 Å². The summed E-state index contributed by atoms with van der Waals surface area (Å²) in [7, 11) is -4.77. The molecule has 0 radical (unpaired) electrons. The standard InChI is InChI=1S/C30H43N3O11S/c1-3-4-5-6-7-8-12-15-23(34)22(20(2)21-13-10-9-11-14-21)18-42-30(39)32-45(40,41)43-19-24-26(36)27(37)28(44-24)33-17-16-25(35)31-29(33)38/h9-11,13-14,16-17,20,22,24,26-28,36-37H,3-8,12,15,18-19H2,1-2H3,(H,32,39)(H,31,35,38)/t20?,22?,24-,26-,27-,28-/m1/s1. The summed E-state index contributed by atoms with van der Waals surface area (Å²) >= 11 is 0. The topological polar surface area (TPSA) is 203 Å². The summed E-state index contributed by atoms with van der Waals surface area (Å²) in [4.78, 5) is 51.0. The van der Waals surface area contributed by atoms with Crippen molar-refractivity contribution < 1.29 is 41.9 Å². The van der Waals surface area contributed by atoms with Crippen LogP contribution in [0.25, 0.3) is 0 Å². The number of Topliss-reactive ketones (excluding diaryl/α,β-unsaturated/α-hetero) is 1. The Kier molecular flexibility index (Phi) is 13.9. The lowest BCUT2D eigenvalue weighted by Crippen LogP contribution is -2.39. The zero-order valence-electron chi connectivity index (χ0n) is 25.5. The van der Waals surface area contributed by atoms with Crippen LogP contribution >= 0.6 is 0 Å². The molecule has 2 heterocycles. The van der Waals surface area contributed by atoms with Crippen molar-refractivity contribution in [1.29, 1.82) is 0 Å². The number of ether oxygens (including phenoxy) is 2. The summed E-state index contributed by atoms with van der Waals surface area (Å²) in [5.74, 6) is -1.10. The van der Waals surface area contributed by atoms with Gasteiger partial charge in [0.25, 0.3) is 5.56 Å². The van der Waals surface area contributed by atoms with Crippen LogP contribution in [-0.4, -0.2) is 71.6 Å². The number of hydrogen-bond acceptors (Lipinski definition) is 11. The number of nitrogens with one attached hydrogen (secondary N) is 2. The highest BCUT2D eigenvalue weighted by Crippen LogP contribution is 2.29. The Morgan fingerprint density at radius 2 is 1.69 bits per heavy atom. The molecule has 2 unspecified atom stereocenters. The van der Waals surface area contributed by atoms with E-state index in [1.165, 1.54) is 12.8 Å². The van der Waals surface area contributed by atoms with Gasteiger partial charge in [0, 0.05) is 18.7 Å². The number of carbonyl (C=O) groups is 2. The molecule has 14 nitrogen and oxygen atoms in total. The summed E-state index contributed by atoms with van der Waals surface area (Å²) in [6.45, 7) is 2.80.